The molecule has 0 atom stereocenters. The number of carbonyl (C=O) groups is 1. The van der Waals surface area contributed by atoms with Crippen LogP contribution in [-0.4, -0.2) is 25.7 Å². The number of hydrogen-bond donors (Lipinski definition) is 1. The normalized spacial score (nSPS) is 10.9. The fraction of sp³-hybridized carbons (Fsp3) is 0.143. The quantitative estimate of drug-likeness (QED) is 0.536. The lowest BCUT2D eigenvalue weighted by molar-refractivity contribution is 0.102. The number of hydrogen-bond acceptors (Lipinski definition) is 5. The maximum atomic E-state index is 14.1. The molecule has 8 heteroatoms. The van der Waals surface area contributed by atoms with Crippen LogP contribution in [0.1, 0.15) is 20.8 Å². The van der Waals surface area contributed by atoms with Crippen LogP contribution >= 0.6 is 11.3 Å². The lowest BCUT2D eigenvalue weighted by atomic mass is 10.1. The summed E-state index contributed by atoms with van der Waals surface area (Å²) in [7, 11) is 1.86. The molecule has 0 fully saturated rings. The maximum absolute atomic E-state index is 14.1. The second kappa shape index (κ2) is 7.56. The van der Waals surface area contributed by atoms with E-state index in [1.54, 1.807) is 53.4 Å². The van der Waals surface area contributed by atoms with Crippen LogP contribution in [0.4, 0.5) is 10.2 Å². The number of pyridine rings is 1. The van der Waals surface area contributed by atoms with E-state index >= 15 is 0 Å². The third-order valence-electron chi connectivity index (χ3n) is 4.43. The van der Waals surface area contributed by atoms with E-state index in [9.17, 15) is 9.18 Å². The van der Waals surface area contributed by atoms with Crippen molar-refractivity contribution in [3.63, 3.8) is 0 Å². The smallest absolute Gasteiger partial charge is 0.260 e. The number of nitrogens with zero attached hydrogens (tertiary/aromatic N) is 4. The summed E-state index contributed by atoms with van der Waals surface area (Å²) in [4.78, 5) is 22.8. The van der Waals surface area contributed by atoms with E-state index < -0.39 is 11.7 Å². The molecule has 0 radical (unpaired) electrons. The van der Waals surface area contributed by atoms with Gasteiger partial charge in [0.25, 0.3) is 5.91 Å². The standard InChI is InChI=1S/C21H18FN5OS/c1-12-6-4-7-15(22)18(12)20(28)25-17-9-5-8-16(24-17)19-13(2)29-21(26-19)14-10-23-27(3)11-14/h4-11H,1-3H3,(H,24,25,28). The Bertz CT molecular complexity index is 1190. The van der Waals surface area contributed by atoms with Gasteiger partial charge in [-0.1, -0.05) is 18.2 Å². The van der Waals surface area contributed by atoms with E-state index in [0.29, 0.717) is 17.1 Å². The van der Waals surface area contributed by atoms with Crippen LogP contribution in [0.15, 0.2) is 48.8 Å². The molecule has 0 bridgehead atoms. The molecule has 29 heavy (non-hydrogen) atoms. The van der Waals surface area contributed by atoms with Crippen molar-refractivity contribution < 1.29 is 9.18 Å². The first-order valence-corrected chi connectivity index (χ1v) is 9.74. The Morgan fingerprint density at radius 1 is 1.14 bits per heavy atom. The summed E-state index contributed by atoms with van der Waals surface area (Å²) in [6, 6.07) is 9.82. The lowest BCUT2D eigenvalue weighted by Gasteiger charge is -2.09. The van der Waals surface area contributed by atoms with Crippen LogP contribution in [0.25, 0.3) is 22.0 Å². The molecule has 0 aliphatic carbocycles. The Morgan fingerprint density at radius 3 is 2.66 bits per heavy atom. The highest BCUT2D eigenvalue weighted by atomic mass is 32.1. The highest BCUT2D eigenvalue weighted by Crippen LogP contribution is 2.32. The summed E-state index contributed by atoms with van der Waals surface area (Å²) in [5, 5.41) is 7.72. The fourth-order valence-electron chi connectivity index (χ4n) is 3.02. The Kier molecular flexibility index (Phi) is 4.94. The predicted molar refractivity (Wildman–Crippen MR) is 111 cm³/mol. The highest BCUT2D eigenvalue weighted by molar-refractivity contribution is 7.15. The van der Waals surface area contributed by atoms with Crippen molar-refractivity contribution in [1.82, 2.24) is 19.7 Å². The molecule has 146 valence electrons. The van der Waals surface area contributed by atoms with Crippen LogP contribution in [0.3, 0.4) is 0 Å². The van der Waals surface area contributed by atoms with Crippen LogP contribution < -0.4 is 5.32 Å². The van der Waals surface area contributed by atoms with Gasteiger partial charge in [0.15, 0.2) is 0 Å². The number of rotatable bonds is 4. The topological polar surface area (TPSA) is 72.7 Å². The Balaban J connectivity index is 1.63. The monoisotopic (exact) mass is 407 g/mol. The number of carbonyl (C=O) groups excluding carboxylic acids is 1. The molecule has 3 heterocycles. The van der Waals surface area contributed by atoms with Gasteiger partial charge in [0, 0.05) is 23.7 Å². The third-order valence-corrected chi connectivity index (χ3v) is 5.45. The molecule has 4 aromatic rings. The van der Waals surface area contributed by atoms with Gasteiger partial charge in [-0.25, -0.2) is 14.4 Å². The number of aromatic nitrogens is 4. The summed E-state index contributed by atoms with van der Waals surface area (Å²) in [5.41, 5.74) is 2.90. The fourth-order valence-corrected chi connectivity index (χ4v) is 3.92. The summed E-state index contributed by atoms with van der Waals surface area (Å²) in [6.07, 6.45) is 3.67. The van der Waals surface area contributed by atoms with Crippen molar-refractivity contribution in [3.05, 3.63) is 70.6 Å². The van der Waals surface area contributed by atoms with Crippen molar-refractivity contribution in [2.75, 3.05) is 5.32 Å². The average Bonchev–Trinajstić information content (AvgIpc) is 3.27. The molecular formula is C21H18FN5OS. The summed E-state index contributed by atoms with van der Waals surface area (Å²) in [6.45, 7) is 3.67. The maximum Gasteiger partial charge on any atom is 0.260 e. The molecule has 0 saturated carbocycles. The molecule has 1 amide bonds. The van der Waals surface area contributed by atoms with Crippen molar-refractivity contribution in [3.8, 4) is 22.0 Å². The minimum Gasteiger partial charge on any atom is -0.306 e. The molecule has 4 rings (SSSR count). The molecular weight excluding hydrogens is 389 g/mol. The minimum atomic E-state index is -0.560. The van der Waals surface area contributed by atoms with Gasteiger partial charge in [0.05, 0.1) is 17.5 Å². The van der Waals surface area contributed by atoms with Crippen LogP contribution in [0.5, 0.6) is 0 Å². The lowest BCUT2D eigenvalue weighted by Crippen LogP contribution is -2.16. The van der Waals surface area contributed by atoms with Gasteiger partial charge < -0.3 is 5.32 Å². The SMILES string of the molecule is Cc1cccc(F)c1C(=O)Nc1cccc(-c2nc(-c3cnn(C)c3)sc2C)n1. The molecule has 1 N–H and O–H groups in total. The van der Waals surface area contributed by atoms with Crippen molar-refractivity contribution in [2.24, 2.45) is 7.05 Å². The number of thiazole rings is 1. The number of nitrogens with one attached hydrogen (secondary N) is 1. The molecule has 0 aliphatic heterocycles. The predicted octanol–water partition coefficient (Wildman–Crippen LogP) is 4.61. The molecule has 0 saturated heterocycles. The van der Waals surface area contributed by atoms with Crippen LogP contribution in [0, 0.1) is 19.7 Å². The molecule has 0 spiro atoms. The number of amides is 1. The second-order valence-electron chi connectivity index (χ2n) is 6.62. The molecule has 6 nitrogen and oxygen atoms in total. The zero-order chi connectivity index (χ0) is 20.5. The van der Waals surface area contributed by atoms with E-state index in [2.05, 4.69) is 15.4 Å². The number of anilines is 1. The molecule has 0 unspecified atom stereocenters. The van der Waals surface area contributed by atoms with Gasteiger partial charge in [-0.15, -0.1) is 11.3 Å². The number of halogens is 1. The zero-order valence-electron chi connectivity index (χ0n) is 16.1. The van der Waals surface area contributed by atoms with Crippen LogP contribution in [-0.2, 0) is 7.05 Å². The van der Waals surface area contributed by atoms with E-state index in [-0.39, 0.29) is 5.56 Å². The summed E-state index contributed by atoms with van der Waals surface area (Å²) >= 11 is 1.55. The van der Waals surface area contributed by atoms with Crippen molar-refractivity contribution in [2.45, 2.75) is 13.8 Å². The zero-order valence-corrected chi connectivity index (χ0v) is 16.9. The minimum absolute atomic E-state index is 0.0170. The first kappa shape index (κ1) is 18.9. The van der Waals surface area contributed by atoms with Gasteiger partial charge in [-0.3, -0.25) is 9.48 Å². The largest absolute Gasteiger partial charge is 0.306 e. The van der Waals surface area contributed by atoms with Gasteiger partial charge in [-0.2, -0.15) is 5.10 Å². The summed E-state index contributed by atoms with van der Waals surface area (Å²) < 4.78 is 15.8. The molecule has 0 aliphatic rings. The number of benzene rings is 1. The van der Waals surface area contributed by atoms with E-state index in [4.69, 9.17) is 4.98 Å². The average molecular weight is 407 g/mol. The first-order chi connectivity index (χ1) is 13.9. The van der Waals surface area contributed by atoms with Gasteiger partial charge in [0.2, 0.25) is 0 Å². The van der Waals surface area contributed by atoms with Gasteiger partial charge >= 0.3 is 0 Å². The van der Waals surface area contributed by atoms with Gasteiger partial charge in [-0.05, 0) is 37.6 Å². The third kappa shape index (κ3) is 3.79. The van der Waals surface area contributed by atoms with Crippen LogP contribution in [0.2, 0.25) is 0 Å². The Morgan fingerprint density at radius 2 is 1.93 bits per heavy atom. The van der Waals surface area contributed by atoms with Crippen molar-refractivity contribution >= 4 is 23.1 Å². The first-order valence-electron chi connectivity index (χ1n) is 8.92. The highest BCUT2D eigenvalue weighted by Gasteiger charge is 2.17. The summed E-state index contributed by atoms with van der Waals surface area (Å²) in [5.74, 6) is -0.753. The Labute approximate surface area is 171 Å². The van der Waals surface area contributed by atoms with Gasteiger partial charge in [0.1, 0.15) is 22.3 Å². The van der Waals surface area contributed by atoms with E-state index in [0.717, 1.165) is 21.1 Å². The second-order valence-corrected chi connectivity index (χ2v) is 7.82. The molecule has 3 aromatic heterocycles. The molecule has 1 aromatic carbocycles. The number of aryl methyl sites for hydroxylation is 3. The van der Waals surface area contributed by atoms with E-state index in [1.807, 2.05) is 26.2 Å². The van der Waals surface area contributed by atoms with E-state index in [1.165, 1.54) is 6.07 Å². The Hall–Kier alpha value is -3.39. The van der Waals surface area contributed by atoms with Crippen molar-refractivity contribution in [1.29, 1.82) is 0 Å².